The zero-order valence-electron chi connectivity index (χ0n) is 14.3. The van der Waals surface area contributed by atoms with E-state index in [1.165, 1.54) is 19.2 Å². The maximum Gasteiger partial charge on any atom is 0.416 e. The molecule has 0 atom stereocenters. The van der Waals surface area contributed by atoms with Crippen molar-refractivity contribution in [1.82, 2.24) is 0 Å². The van der Waals surface area contributed by atoms with Gasteiger partial charge in [-0.3, -0.25) is 4.79 Å². The summed E-state index contributed by atoms with van der Waals surface area (Å²) in [5.74, 6) is 0.233. The van der Waals surface area contributed by atoms with Gasteiger partial charge in [0, 0.05) is 5.69 Å². The number of carbonyl (C=O) groups excluding carboxylic acids is 1. The predicted molar refractivity (Wildman–Crippen MR) is 93.3 cm³/mol. The molecule has 0 radical (unpaired) electrons. The summed E-state index contributed by atoms with van der Waals surface area (Å²) < 4.78 is 48.7. The molecule has 0 unspecified atom stereocenters. The molecule has 0 bridgehead atoms. The first kappa shape index (κ1) is 19.4. The molecule has 4 nitrogen and oxygen atoms in total. The zero-order valence-corrected chi connectivity index (χ0v) is 14.3. The lowest BCUT2D eigenvalue weighted by molar-refractivity contribution is -0.137. The van der Waals surface area contributed by atoms with E-state index in [4.69, 9.17) is 9.47 Å². The number of allylic oxidation sites excluding steroid dienone is 1. The van der Waals surface area contributed by atoms with Gasteiger partial charge in [-0.25, -0.2) is 0 Å². The van der Waals surface area contributed by atoms with Crippen LogP contribution >= 0.6 is 0 Å². The van der Waals surface area contributed by atoms with Crippen molar-refractivity contribution < 1.29 is 27.4 Å². The molecule has 1 N–H and O–H groups in total. The van der Waals surface area contributed by atoms with E-state index >= 15 is 0 Å². The Morgan fingerprint density at radius 3 is 2.58 bits per heavy atom. The predicted octanol–water partition coefficient (Wildman–Crippen LogP) is 4.76. The van der Waals surface area contributed by atoms with Crippen molar-refractivity contribution >= 4 is 17.7 Å². The molecule has 0 aliphatic carbocycles. The molecule has 2 rings (SSSR count). The van der Waals surface area contributed by atoms with Crippen LogP contribution in [0.25, 0.3) is 6.08 Å². The monoisotopic (exact) mass is 365 g/mol. The van der Waals surface area contributed by atoms with E-state index in [1.54, 1.807) is 18.2 Å². The number of carbonyl (C=O) groups is 1. The van der Waals surface area contributed by atoms with E-state index in [2.05, 4.69) is 5.32 Å². The second-order valence-corrected chi connectivity index (χ2v) is 5.33. The Labute approximate surface area is 149 Å². The van der Waals surface area contributed by atoms with Crippen LogP contribution in [0.15, 0.2) is 48.5 Å². The maximum atomic E-state index is 12.7. The van der Waals surface area contributed by atoms with Gasteiger partial charge in [-0.05, 0) is 42.8 Å². The smallest absolute Gasteiger partial charge is 0.416 e. The van der Waals surface area contributed by atoms with E-state index in [0.29, 0.717) is 11.5 Å². The number of ether oxygens (including phenoxy) is 2. The Hall–Kier alpha value is -2.96. The number of alkyl halides is 3. The first-order valence-corrected chi connectivity index (χ1v) is 7.74. The number of halogens is 3. The third-order valence-corrected chi connectivity index (χ3v) is 3.38. The van der Waals surface area contributed by atoms with Crippen LogP contribution in [0, 0.1) is 0 Å². The van der Waals surface area contributed by atoms with Gasteiger partial charge in [-0.1, -0.05) is 24.3 Å². The maximum absolute atomic E-state index is 12.7. The van der Waals surface area contributed by atoms with Crippen LogP contribution in [0.4, 0.5) is 18.9 Å². The molecule has 7 heteroatoms. The summed E-state index contributed by atoms with van der Waals surface area (Å²) in [5, 5.41) is 2.38. The number of hydrogen-bond donors (Lipinski definition) is 1. The second kappa shape index (κ2) is 8.42. The summed E-state index contributed by atoms with van der Waals surface area (Å²) in [4.78, 5) is 11.9. The molecule has 0 saturated carbocycles. The molecule has 1 amide bonds. The number of methoxy groups -OCH3 is 1. The van der Waals surface area contributed by atoms with Crippen LogP contribution in [0.3, 0.4) is 0 Å². The van der Waals surface area contributed by atoms with Crippen LogP contribution in [-0.2, 0) is 11.0 Å². The summed E-state index contributed by atoms with van der Waals surface area (Å²) in [6, 6.07) is 9.60. The molecule has 0 heterocycles. The van der Waals surface area contributed by atoms with Crippen molar-refractivity contribution in [2.24, 2.45) is 0 Å². The highest BCUT2D eigenvalue weighted by atomic mass is 19.4. The fourth-order valence-electron chi connectivity index (χ4n) is 2.21. The molecule has 2 aromatic rings. The van der Waals surface area contributed by atoms with E-state index in [9.17, 15) is 18.0 Å². The van der Waals surface area contributed by atoms with Gasteiger partial charge in [0.05, 0.1) is 12.7 Å². The van der Waals surface area contributed by atoms with Gasteiger partial charge in [-0.2, -0.15) is 13.2 Å². The number of amides is 1. The highest BCUT2D eigenvalue weighted by molar-refractivity contribution is 5.92. The fraction of sp³-hybridized carbons (Fsp3) is 0.211. The Balaban J connectivity index is 2.01. The highest BCUT2D eigenvalue weighted by Crippen LogP contribution is 2.31. The number of benzene rings is 2. The lowest BCUT2D eigenvalue weighted by Gasteiger charge is -2.12. The quantitative estimate of drug-likeness (QED) is 0.803. The Morgan fingerprint density at radius 2 is 1.92 bits per heavy atom. The molecule has 26 heavy (non-hydrogen) atoms. The lowest BCUT2D eigenvalue weighted by atomic mass is 10.2. The zero-order chi connectivity index (χ0) is 19.2. The molecule has 0 saturated heterocycles. The third-order valence-electron chi connectivity index (χ3n) is 3.38. The lowest BCUT2D eigenvalue weighted by Crippen LogP contribution is -2.20. The minimum atomic E-state index is -4.47. The Bertz CT molecular complexity index is 801. The summed E-state index contributed by atoms with van der Waals surface area (Å²) >= 11 is 0. The molecular weight excluding hydrogens is 347 g/mol. The van der Waals surface area contributed by atoms with E-state index < -0.39 is 17.6 Å². The number of nitrogens with one attached hydrogen (secondary N) is 1. The standard InChI is InChI=1S/C19H18F3NO3/c1-3-5-13-8-9-16(17(10-13)25-2)26-12-18(24)23-15-7-4-6-14(11-15)19(20,21)22/h3-11H,12H2,1-2H3,(H,23,24)/b5-3+. The minimum Gasteiger partial charge on any atom is -0.493 e. The molecule has 0 aromatic heterocycles. The van der Waals surface area contributed by atoms with Gasteiger partial charge >= 0.3 is 6.18 Å². The summed E-state index contributed by atoms with van der Waals surface area (Å²) in [7, 11) is 1.48. The van der Waals surface area contributed by atoms with Crippen LogP contribution in [-0.4, -0.2) is 19.6 Å². The van der Waals surface area contributed by atoms with Gasteiger partial charge in [-0.15, -0.1) is 0 Å². The second-order valence-electron chi connectivity index (χ2n) is 5.33. The SMILES string of the molecule is C/C=C/c1ccc(OCC(=O)Nc2cccc(C(F)(F)F)c2)c(OC)c1. The van der Waals surface area contributed by atoms with Crippen molar-refractivity contribution in [1.29, 1.82) is 0 Å². The molecule has 0 spiro atoms. The Kier molecular flexibility index (Phi) is 6.27. The average Bonchev–Trinajstić information content (AvgIpc) is 2.60. The molecule has 0 aliphatic heterocycles. The van der Waals surface area contributed by atoms with Gasteiger partial charge in [0.1, 0.15) is 0 Å². The summed E-state index contributed by atoms with van der Waals surface area (Å²) in [6.07, 6.45) is -0.719. The molecule has 138 valence electrons. The third kappa shape index (κ3) is 5.27. The van der Waals surface area contributed by atoms with Crippen molar-refractivity contribution in [3.8, 4) is 11.5 Å². The normalized spacial score (nSPS) is 11.4. The molecule has 0 fully saturated rings. The molecule has 0 aliphatic rings. The number of anilines is 1. The summed E-state index contributed by atoms with van der Waals surface area (Å²) in [6.45, 7) is 1.52. The van der Waals surface area contributed by atoms with Gasteiger partial charge in [0.2, 0.25) is 0 Å². The number of hydrogen-bond acceptors (Lipinski definition) is 3. The Morgan fingerprint density at radius 1 is 1.15 bits per heavy atom. The first-order chi connectivity index (χ1) is 12.3. The first-order valence-electron chi connectivity index (χ1n) is 7.74. The topological polar surface area (TPSA) is 47.6 Å². The average molecular weight is 365 g/mol. The fourth-order valence-corrected chi connectivity index (χ4v) is 2.21. The van der Waals surface area contributed by atoms with Gasteiger partial charge in [0.15, 0.2) is 18.1 Å². The van der Waals surface area contributed by atoms with E-state index in [1.807, 2.05) is 19.1 Å². The van der Waals surface area contributed by atoms with Gasteiger partial charge in [0.25, 0.3) is 5.91 Å². The van der Waals surface area contributed by atoms with Crippen molar-refractivity contribution in [2.45, 2.75) is 13.1 Å². The number of rotatable bonds is 6. The van der Waals surface area contributed by atoms with Crippen LogP contribution in [0.1, 0.15) is 18.1 Å². The van der Waals surface area contributed by atoms with Crippen LogP contribution in [0.2, 0.25) is 0 Å². The van der Waals surface area contributed by atoms with Crippen LogP contribution < -0.4 is 14.8 Å². The van der Waals surface area contributed by atoms with Crippen molar-refractivity contribution in [2.75, 3.05) is 19.0 Å². The largest absolute Gasteiger partial charge is 0.493 e. The molecular formula is C19H18F3NO3. The van der Waals surface area contributed by atoms with Gasteiger partial charge < -0.3 is 14.8 Å². The molecule has 2 aromatic carbocycles. The van der Waals surface area contributed by atoms with E-state index in [-0.39, 0.29) is 12.3 Å². The van der Waals surface area contributed by atoms with E-state index in [0.717, 1.165) is 17.7 Å². The highest BCUT2D eigenvalue weighted by Gasteiger charge is 2.30. The van der Waals surface area contributed by atoms with Crippen molar-refractivity contribution in [3.05, 3.63) is 59.7 Å². The van der Waals surface area contributed by atoms with Crippen molar-refractivity contribution in [3.63, 3.8) is 0 Å². The minimum absolute atomic E-state index is 0.0452. The summed E-state index contributed by atoms with van der Waals surface area (Å²) in [5.41, 5.74) is 0.117. The van der Waals surface area contributed by atoms with Crippen LogP contribution in [0.5, 0.6) is 11.5 Å².